The number of ether oxygens (including phenoxy) is 1. The minimum Gasteiger partial charge on any atom is -0.466 e. The van der Waals surface area contributed by atoms with Crippen LogP contribution in [0, 0.1) is 0 Å². The van der Waals surface area contributed by atoms with E-state index >= 15 is 0 Å². The van der Waals surface area contributed by atoms with Crippen molar-refractivity contribution in [3.05, 3.63) is 24.6 Å². The molecule has 1 heterocycles. The second-order valence-corrected chi connectivity index (χ2v) is 2.23. The molecule has 0 aromatic heterocycles. The molecule has 0 spiro atoms. The van der Waals surface area contributed by atoms with Gasteiger partial charge in [0.05, 0.1) is 5.70 Å². The first kappa shape index (κ1) is 8.52. The van der Waals surface area contributed by atoms with Gasteiger partial charge in [0.1, 0.15) is 0 Å². The van der Waals surface area contributed by atoms with Gasteiger partial charge in [-0.15, -0.1) is 0 Å². The van der Waals surface area contributed by atoms with Crippen molar-refractivity contribution in [1.29, 1.82) is 0 Å². The molecule has 0 aromatic carbocycles. The van der Waals surface area contributed by atoms with E-state index in [9.17, 15) is 4.79 Å². The Morgan fingerprint density at radius 2 is 2.50 bits per heavy atom. The zero-order valence-corrected chi connectivity index (χ0v) is 6.83. The Balaban J connectivity index is 2.68. The van der Waals surface area contributed by atoms with E-state index in [0.29, 0.717) is 11.6 Å². The van der Waals surface area contributed by atoms with Gasteiger partial charge >= 0.3 is 0 Å². The van der Waals surface area contributed by atoms with E-state index in [1.54, 1.807) is 12.3 Å². The molecule has 0 saturated carbocycles. The minimum atomic E-state index is -0.195. The highest BCUT2D eigenvalue weighted by atomic mass is 16.5. The number of rotatable bonds is 1. The maximum absolute atomic E-state index is 10.7. The molecule has 1 aliphatic rings. The van der Waals surface area contributed by atoms with Crippen LogP contribution < -0.4 is 5.32 Å². The third-order valence-electron chi connectivity index (χ3n) is 1.23. The lowest BCUT2D eigenvalue weighted by Crippen LogP contribution is -2.37. The normalized spacial score (nSPS) is 21.2. The third kappa shape index (κ3) is 1.95. The van der Waals surface area contributed by atoms with Crippen LogP contribution in [0.1, 0.15) is 6.92 Å². The van der Waals surface area contributed by atoms with Gasteiger partial charge in [-0.1, -0.05) is 12.7 Å². The predicted molar refractivity (Wildman–Crippen MR) is 45.5 cm³/mol. The van der Waals surface area contributed by atoms with Crippen molar-refractivity contribution in [1.82, 2.24) is 5.32 Å². The van der Waals surface area contributed by atoms with Crippen molar-refractivity contribution in [2.75, 3.05) is 6.61 Å². The van der Waals surface area contributed by atoms with Crippen LogP contribution in [0.5, 0.6) is 0 Å². The summed E-state index contributed by atoms with van der Waals surface area (Å²) in [6, 6.07) is 0. The summed E-state index contributed by atoms with van der Waals surface area (Å²) < 4.78 is 4.99. The molecule has 1 rings (SSSR count). The van der Waals surface area contributed by atoms with Gasteiger partial charge in [-0.3, -0.25) is 4.79 Å². The van der Waals surface area contributed by atoms with E-state index in [1.165, 1.54) is 0 Å². The number of hydrogen-bond donors (Lipinski definition) is 1. The van der Waals surface area contributed by atoms with Gasteiger partial charge in [-0.25, -0.2) is 4.99 Å². The van der Waals surface area contributed by atoms with Crippen molar-refractivity contribution >= 4 is 11.8 Å². The summed E-state index contributed by atoms with van der Waals surface area (Å²) in [7, 11) is 0. The Morgan fingerprint density at radius 3 is 3.08 bits per heavy atom. The number of carbonyl (C=O) groups excluding carboxylic acids is 1. The summed E-state index contributed by atoms with van der Waals surface area (Å²) in [6.07, 6.45) is 3.35. The van der Waals surface area contributed by atoms with E-state index in [1.807, 2.05) is 6.92 Å². The molecule has 1 amide bonds. The highest BCUT2D eigenvalue weighted by molar-refractivity contribution is 6.01. The lowest BCUT2D eigenvalue weighted by molar-refractivity contribution is -0.123. The zero-order valence-electron chi connectivity index (χ0n) is 6.83. The molecule has 64 valence electrons. The lowest BCUT2D eigenvalue weighted by Gasteiger charge is -2.16. The molecule has 0 bridgehead atoms. The zero-order chi connectivity index (χ0) is 8.97. The molecule has 0 aromatic rings. The topological polar surface area (TPSA) is 50.7 Å². The van der Waals surface area contributed by atoms with Crippen LogP contribution in [-0.2, 0) is 9.53 Å². The van der Waals surface area contributed by atoms with Gasteiger partial charge in [0, 0.05) is 6.20 Å². The largest absolute Gasteiger partial charge is 0.466 e. The molecule has 4 nitrogen and oxygen atoms in total. The van der Waals surface area contributed by atoms with E-state index < -0.39 is 0 Å². The number of allylic oxidation sites excluding steroid dienone is 1. The van der Waals surface area contributed by atoms with Gasteiger partial charge < -0.3 is 10.1 Å². The average molecular weight is 166 g/mol. The van der Waals surface area contributed by atoms with E-state index in [-0.39, 0.29) is 12.5 Å². The van der Waals surface area contributed by atoms with E-state index in [2.05, 4.69) is 16.9 Å². The van der Waals surface area contributed by atoms with Gasteiger partial charge in [-0.05, 0) is 6.92 Å². The first-order chi connectivity index (χ1) is 5.74. The Morgan fingerprint density at radius 1 is 1.75 bits per heavy atom. The third-order valence-corrected chi connectivity index (χ3v) is 1.23. The number of amides is 1. The summed E-state index contributed by atoms with van der Waals surface area (Å²) in [5.41, 5.74) is 0.407. The van der Waals surface area contributed by atoms with Crippen molar-refractivity contribution in [3.8, 4) is 0 Å². The fraction of sp³-hybridized carbons (Fsp3) is 0.250. The predicted octanol–water partition coefficient (Wildman–Crippen LogP) is 0.579. The fourth-order valence-corrected chi connectivity index (χ4v) is 0.736. The van der Waals surface area contributed by atoms with Crippen molar-refractivity contribution in [3.63, 3.8) is 0 Å². The molecule has 1 saturated heterocycles. The maximum atomic E-state index is 10.7. The van der Waals surface area contributed by atoms with Gasteiger partial charge in [0.25, 0.3) is 5.91 Å². The summed E-state index contributed by atoms with van der Waals surface area (Å²) in [5, 5.41) is 2.52. The summed E-state index contributed by atoms with van der Waals surface area (Å²) in [4.78, 5) is 14.6. The minimum absolute atomic E-state index is 0.00933. The molecule has 1 fully saturated rings. The van der Waals surface area contributed by atoms with Crippen molar-refractivity contribution < 1.29 is 9.53 Å². The van der Waals surface area contributed by atoms with Gasteiger partial charge in [0.2, 0.25) is 5.90 Å². The summed E-state index contributed by atoms with van der Waals surface area (Å²) in [5.74, 6) is 0.173. The van der Waals surface area contributed by atoms with Crippen LogP contribution in [0.3, 0.4) is 0 Å². The lowest BCUT2D eigenvalue weighted by atomic mass is 10.4. The van der Waals surface area contributed by atoms with Gasteiger partial charge in [0.15, 0.2) is 6.61 Å². The van der Waals surface area contributed by atoms with Crippen LogP contribution >= 0.6 is 0 Å². The average Bonchev–Trinajstić information content (AvgIpc) is 2.03. The Hall–Kier alpha value is -1.58. The molecular weight excluding hydrogens is 156 g/mol. The molecule has 12 heavy (non-hydrogen) atoms. The van der Waals surface area contributed by atoms with Crippen LogP contribution in [-0.4, -0.2) is 18.4 Å². The Labute approximate surface area is 70.6 Å². The molecule has 0 atom stereocenters. The monoisotopic (exact) mass is 166 g/mol. The van der Waals surface area contributed by atoms with Crippen LogP contribution in [0.25, 0.3) is 0 Å². The summed E-state index contributed by atoms with van der Waals surface area (Å²) in [6.45, 7) is 5.43. The molecular formula is C8H10N2O2. The van der Waals surface area contributed by atoms with Crippen LogP contribution in [0.2, 0.25) is 0 Å². The molecule has 1 aliphatic heterocycles. The number of aliphatic imine (C=N–C) groups is 1. The van der Waals surface area contributed by atoms with Crippen LogP contribution in [0.4, 0.5) is 0 Å². The number of nitrogens with one attached hydrogen (secondary N) is 1. The molecule has 1 N–H and O–H groups in total. The number of nitrogens with zero attached hydrogens (tertiary/aromatic N) is 1. The fourth-order valence-electron chi connectivity index (χ4n) is 0.736. The van der Waals surface area contributed by atoms with Crippen molar-refractivity contribution in [2.24, 2.45) is 4.99 Å². The molecule has 0 radical (unpaired) electrons. The quantitative estimate of drug-likeness (QED) is 0.619. The maximum Gasteiger partial charge on any atom is 0.262 e. The number of carbonyl (C=O) groups is 1. The van der Waals surface area contributed by atoms with Gasteiger partial charge in [-0.2, -0.15) is 0 Å². The Bertz CT molecular complexity index is 266. The van der Waals surface area contributed by atoms with Crippen LogP contribution in [0.15, 0.2) is 29.5 Å². The first-order valence-electron chi connectivity index (χ1n) is 3.55. The second kappa shape index (κ2) is 3.71. The van der Waals surface area contributed by atoms with Crippen molar-refractivity contribution in [2.45, 2.75) is 6.92 Å². The molecule has 0 unspecified atom stereocenters. The number of morpholine rings is 1. The van der Waals surface area contributed by atoms with E-state index in [0.717, 1.165) is 0 Å². The smallest absolute Gasteiger partial charge is 0.262 e. The standard InChI is InChI=1S/C8H10N2O2/c1-3-4-9-8-6(2)10-7(11)5-12-8/h3-4H,2,5H2,1H3,(H,10,11)/b4-3-,9-8?. The first-order valence-corrected chi connectivity index (χ1v) is 3.55. The van der Waals surface area contributed by atoms with E-state index in [4.69, 9.17) is 4.74 Å². The number of hydrogen-bond acceptors (Lipinski definition) is 3. The Kier molecular flexibility index (Phi) is 2.63. The molecule has 0 aliphatic carbocycles. The summed E-state index contributed by atoms with van der Waals surface area (Å²) >= 11 is 0. The molecule has 4 heteroatoms. The highest BCUT2D eigenvalue weighted by Crippen LogP contribution is 2.00. The SMILES string of the molecule is C=C1NC(=O)COC1=N/C=C\C. The highest BCUT2D eigenvalue weighted by Gasteiger charge is 2.17. The second-order valence-electron chi connectivity index (χ2n) is 2.23.